The molecule has 162 valence electrons. The standard InChI is InChI=1S/C23H36O5Si/c1-8-12-20(24)22(25)21(28-23(26)19-13-10-9-11-14-19)15-27-29(16(2)3,17(4)5)18(6)7/h9-11,13-14,16-18,20-22,24-25H,15H2,1-7H3/t20-,21-,22+/m1/s1. The van der Waals surface area contributed by atoms with Gasteiger partial charge in [-0.1, -0.05) is 65.7 Å². The molecular formula is C23H36O5Si. The van der Waals surface area contributed by atoms with Gasteiger partial charge in [0.1, 0.15) is 12.2 Å². The molecule has 0 aliphatic heterocycles. The summed E-state index contributed by atoms with van der Waals surface area (Å²) in [6.07, 6.45) is -3.72. The molecule has 0 radical (unpaired) electrons. The fourth-order valence-electron chi connectivity index (χ4n) is 4.15. The molecule has 0 bridgehead atoms. The maximum atomic E-state index is 12.6. The van der Waals surface area contributed by atoms with Gasteiger partial charge in [0.25, 0.3) is 0 Å². The molecule has 0 saturated heterocycles. The molecule has 0 aliphatic carbocycles. The molecule has 0 saturated carbocycles. The molecule has 0 fully saturated rings. The number of aliphatic hydroxyl groups excluding tert-OH is 2. The highest BCUT2D eigenvalue weighted by Crippen LogP contribution is 2.42. The van der Waals surface area contributed by atoms with Crippen LogP contribution in [0.3, 0.4) is 0 Å². The lowest BCUT2D eigenvalue weighted by atomic mass is 10.1. The Bertz CT molecular complexity index is 668. The van der Waals surface area contributed by atoms with E-state index in [0.29, 0.717) is 22.2 Å². The fourth-order valence-corrected chi connectivity index (χ4v) is 9.60. The smallest absolute Gasteiger partial charge is 0.338 e. The number of benzene rings is 1. The first kappa shape index (κ1) is 25.4. The predicted octanol–water partition coefficient (Wildman–Crippen LogP) is 4.15. The monoisotopic (exact) mass is 420 g/mol. The topological polar surface area (TPSA) is 76.0 Å². The average Bonchev–Trinajstić information content (AvgIpc) is 2.66. The molecule has 1 aromatic rings. The number of ether oxygens (including phenoxy) is 1. The molecule has 0 unspecified atom stereocenters. The van der Waals surface area contributed by atoms with Gasteiger partial charge in [-0.3, -0.25) is 0 Å². The minimum absolute atomic E-state index is 0.0168. The Balaban J connectivity index is 3.12. The van der Waals surface area contributed by atoms with Crippen LogP contribution in [0.2, 0.25) is 16.6 Å². The summed E-state index contributed by atoms with van der Waals surface area (Å²) in [4.78, 5) is 12.6. The highest BCUT2D eigenvalue weighted by Gasteiger charge is 2.46. The van der Waals surface area contributed by atoms with E-state index in [1.165, 1.54) is 0 Å². The zero-order chi connectivity index (χ0) is 22.2. The number of esters is 1. The van der Waals surface area contributed by atoms with Crippen LogP contribution < -0.4 is 0 Å². The Kier molecular flexibility index (Phi) is 10.1. The SMILES string of the molecule is CC#C[C@@H](O)[C@H](O)[C@@H](CO[Si](C(C)C)(C(C)C)C(C)C)OC(=O)c1ccccc1. The number of aliphatic hydroxyl groups is 2. The van der Waals surface area contributed by atoms with Crippen LogP contribution in [-0.2, 0) is 9.16 Å². The van der Waals surface area contributed by atoms with Crippen molar-refractivity contribution in [2.75, 3.05) is 6.61 Å². The maximum Gasteiger partial charge on any atom is 0.338 e. The van der Waals surface area contributed by atoms with Crippen molar-refractivity contribution in [3.8, 4) is 11.8 Å². The summed E-state index contributed by atoms with van der Waals surface area (Å²) in [7, 11) is -2.24. The molecule has 5 nitrogen and oxygen atoms in total. The molecular weight excluding hydrogens is 384 g/mol. The number of hydrogen-bond donors (Lipinski definition) is 2. The van der Waals surface area contributed by atoms with Gasteiger partial charge in [-0.2, -0.15) is 0 Å². The van der Waals surface area contributed by atoms with Crippen molar-refractivity contribution in [1.82, 2.24) is 0 Å². The van der Waals surface area contributed by atoms with Crippen molar-refractivity contribution < 1.29 is 24.2 Å². The van der Waals surface area contributed by atoms with E-state index in [4.69, 9.17) is 9.16 Å². The van der Waals surface area contributed by atoms with Crippen LogP contribution in [0.5, 0.6) is 0 Å². The summed E-state index contributed by atoms with van der Waals surface area (Å²) in [5, 5.41) is 20.8. The second-order valence-electron chi connectivity index (χ2n) is 8.27. The van der Waals surface area contributed by atoms with Crippen LogP contribution in [0.4, 0.5) is 0 Å². The van der Waals surface area contributed by atoms with E-state index in [1.807, 2.05) is 0 Å². The molecule has 29 heavy (non-hydrogen) atoms. The highest BCUT2D eigenvalue weighted by atomic mass is 28.4. The summed E-state index contributed by atoms with van der Waals surface area (Å²) >= 11 is 0. The average molecular weight is 421 g/mol. The Morgan fingerprint density at radius 1 is 1.00 bits per heavy atom. The zero-order valence-corrected chi connectivity index (χ0v) is 19.7. The molecule has 2 N–H and O–H groups in total. The Morgan fingerprint density at radius 2 is 1.52 bits per heavy atom. The van der Waals surface area contributed by atoms with Crippen molar-refractivity contribution in [2.45, 2.75) is 83.4 Å². The summed E-state index contributed by atoms with van der Waals surface area (Å²) in [6, 6.07) is 8.57. The summed E-state index contributed by atoms with van der Waals surface area (Å²) in [5.41, 5.74) is 1.39. The number of hydrogen-bond acceptors (Lipinski definition) is 5. The van der Waals surface area contributed by atoms with E-state index < -0.39 is 32.6 Å². The first-order valence-corrected chi connectivity index (χ1v) is 12.4. The van der Waals surface area contributed by atoms with Gasteiger partial charge < -0.3 is 19.4 Å². The Labute approximate surface area is 176 Å². The summed E-state index contributed by atoms with van der Waals surface area (Å²) in [5.74, 6) is 4.54. The third kappa shape index (κ3) is 6.41. The van der Waals surface area contributed by atoms with Gasteiger partial charge in [-0.25, -0.2) is 4.79 Å². The van der Waals surface area contributed by atoms with Crippen LogP contribution in [0.15, 0.2) is 30.3 Å². The van der Waals surface area contributed by atoms with Crippen LogP contribution >= 0.6 is 0 Å². The molecule has 6 heteroatoms. The molecule has 0 aromatic heterocycles. The predicted molar refractivity (Wildman–Crippen MR) is 118 cm³/mol. The van der Waals surface area contributed by atoms with Gasteiger partial charge in [0.05, 0.1) is 12.2 Å². The first-order valence-electron chi connectivity index (χ1n) is 10.3. The maximum absolute atomic E-state index is 12.6. The highest BCUT2D eigenvalue weighted by molar-refractivity contribution is 6.77. The lowest BCUT2D eigenvalue weighted by Gasteiger charge is -2.43. The van der Waals surface area contributed by atoms with Gasteiger partial charge >= 0.3 is 5.97 Å². The number of carbonyl (C=O) groups excluding carboxylic acids is 1. The van der Waals surface area contributed by atoms with Gasteiger partial charge in [0.15, 0.2) is 6.10 Å². The minimum Gasteiger partial charge on any atom is -0.453 e. The van der Waals surface area contributed by atoms with E-state index >= 15 is 0 Å². The lowest BCUT2D eigenvalue weighted by molar-refractivity contribution is -0.0697. The zero-order valence-electron chi connectivity index (χ0n) is 18.7. The van der Waals surface area contributed by atoms with Crippen molar-refractivity contribution in [3.05, 3.63) is 35.9 Å². The van der Waals surface area contributed by atoms with E-state index in [1.54, 1.807) is 37.3 Å². The van der Waals surface area contributed by atoms with E-state index in [2.05, 4.69) is 53.4 Å². The van der Waals surface area contributed by atoms with Crippen molar-refractivity contribution in [2.24, 2.45) is 0 Å². The Morgan fingerprint density at radius 3 is 1.97 bits per heavy atom. The van der Waals surface area contributed by atoms with Gasteiger partial charge in [0, 0.05) is 0 Å². The van der Waals surface area contributed by atoms with E-state index in [0.717, 1.165) is 0 Å². The summed E-state index contributed by atoms with van der Waals surface area (Å²) in [6.45, 7) is 14.5. The lowest BCUT2D eigenvalue weighted by Crippen LogP contribution is -2.51. The molecule has 0 heterocycles. The summed E-state index contributed by atoms with van der Waals surface area (Å²) < 4.78 is 12.1. The largest absolute Gasteiger partial charge is 0.453 e. The van der Waals surface area contributed by atoms with E-state index in [-0.39, 0.29) is 6.61 Å². The third-order valence-corrected chi connectivity index (χ3v) is 11.6. The third-order valence-electron chi connectivity index (χ3n) is 5.47. The minimum atomic E-state index is -2.24. The normalized spacial score (nSPS) is 15.0. The molecule has 0 spiro atoms. The molecule has 0 amide bonds. The second kappa shape index (κ2) is 11.5. The molecule has 0 aliphatic rings. The quantitative estimate of drug-likeness (QED) is 0.338. The van der Waals surface area contributed by atoms with Crippen molar-refractivity contribution in [3.63, 3.8) is 0 Å². The first-order chi connectivity index (χ1) is 13.6. The van der Waals surface area contributed by atoms with Crippen LogP contribution in [0.25, 0.3) is 0 Å². The van der Waals surface area contributed by atoms with Gasteiger partial charge in [0.2, 0.25) is 8.32 Å². The van der Waals surface area contributed by atoms with Crippen LogP contribution in [0.1, 0.15) is 58.8 Å². The number of carbonyl (C=O) groups is 1. The molecule has 1 rings (SSSR count). The van der Waals surface area contributed by atoms with Crippen LogP contribution in [0, 0.1) is 11.8 Å². The van der Waals surface area contributed by atoms with Gasteiger partial charge in [-0.05, 0) is 35.7 Å². The van der Waals surface area contributed by atoms with Crippen LogP contribution in [-0.4, -0.2) is 49.4 Å². The second-order valence-corrected chi connectivity index (χ2v) is 13.7. The molecule has 3 atom stereocenters. The van der Waals surface area contributed by atoms with E-state index in [9.17, 15) is 15.0 Å². The van der Waals surface area contributed by atoms with Crippen molar-refractivity contribution in [1.29, 1.82) is 0 Å². The van der Waals surface area contributed by atoms with Crippen molar-refractivity contribution >= 4 is 14.3 Å². The van der Waals surface area contributed by atoms with Gasteiger partial charge in [-0.15, -0.1) is 5.92 Å². The Hall–Kier alpha value is -1.65. The fraction of sp³-hybridized carbons (Fsp3) is 0.609. The number of rotatable bonds is 10. The molecule has 1 aromatic carbocycles.